The van der Waals surface area contributed by atoms with Gasteiger partial charge in [0, 0.05) is 17.4 Å². The van der Waals surface area contributed by atoms with E-state index in [0.29, 0.717) is 0 Å². The molecule has 1 aliphatic rings. The molecule has 1 amide bonds. The van der Waals surface area contributed by atoms with Crippen molar-refractivity contribution in [2.75, 3.05) is 13.1 Å². The number of nitrogens with zero attached hydrogens (tertiary/aromatic N) is 1. The second kappa shape index (κ2) is 5.40. The number of hydrogen-bond acceptors (Lipinski definition) is 2. The van der Waals surface area contributed by atoms with Gasteiger partial charge in [0.15, 0.2) is 0 Å². The minimum Gasteiger partial charge on any atom is -0.479 e. The molecule has 1 unspecified atom stereocenters. The molecule has 1 N–H and O–H groups in total. The molecular formula is C15H17BrFNO3. The van der Waals surface area contributed by atoms with Gasteiger partial charge in [0.25, 0.3) is 0 Å². The number of alkyl halides is 1. The average molecular weight is 358 g/mol. The molecule has 0 bridgehead atoms. The highest BCUT2D eigenvalue weighted by molar-refractivity contribution is 9.10. The Labute approximate surface area is 131 Å². The summed E-state index contributed by atoms with van der Waals surface area (Å²) in [5.41, 5.74) is -2.35. The molecule has 1 fully saturated rings. The smallest absolute Gasteiger partial charge is 0.343 e. The molecule has 6 heteroatoms. The zero-order valence-corrected chi connectivity index (χ0v) is 13.5. The molecule has 4 nitrogen and oxygen atoms in total. The third kappa shape index (κ3) is 2.95. The Kier molecular flexibility index (Phi) is 4.10. The summed E-state index contributed by atoms with van der Waals surface area (Å²) in [6, 6.07) is 7.34. The first-order valence-electron chi connectivity index (χ1n) is 6.64. The fourth-order valence-corrected chi connectivity index (χ4v) is 2.77. The van der Waals surface area contributed by atoms with Gasteiger partial charge in [-0.1, -0.05) is 28.1 Å². The fraction of sp³-hybridized carbons (Fsp3) is 0.467. The van der Waals surface area contributed by atoms with Crippen LogP contribution in [-0.2, 0) is 15.0 Å². The van der Waals surface area contributed by atoms with Gasteiger partial charge < -0.3 is 10.0 Å². The second-order valence-corrected chi connectivity index (χ2v) is 6.79. The molecule has 1 heterocycles. The van der Waals surface area contributed by atoms with E-state index in [4.69, 9.17) is 5.11 Å². The van der Waals surface area contributed by atoms with Gasteiger partial charge in [0.05, 0.1) is 12.0 Å². The number of amides is 1. The maximum Gasteiger partial charge on any atom is 0.343 e. The first-order valence-corrected chi connectivity index (χ1v) is 7.44. The molecule has 0 aromatic heterocycles. The zero-order chi connectivity index (χ0) is 15.8. The second-order valence-electron chi connectivity index (χ2n) is 5.88. The molecule has 0 radical (unpaired) electrons. The third-order valence-corrected chi connectivity index (χ3v) is 4.52. The van der Waals surface area contributed by atoms with Crippen LogP contribution in [0.15, 0.2) is 28.7 Å². The van der Waals surface area contributed by atoms with Crippen molar-refractivity contribution in [1.82, 2.24) is 4.90 Å². The highest BCUT2D eigenvalue weighted by Gasteiger charge is 2.49. The molecular weight excluding hydrogens is 341 g/mol. The van der Waals surface area contributed by atoms with Gasteiger partial charge in [-0.15, -0.1) is 0 Å². The number of carboxylic acid groups (broad SMARTS) is 1. The van der Waals surface area contributed by atoms with Crippen LogP contribution >= 0.6 is 15.9 Å². The Morgan fingerprint density at radius 3 is 2.38 bits per heavy atom. The number of halogens is 2. The van der Waals surface area contributed by atoms with Crippen LogP contribution < -0.4 is 0 Å². The predicted molar refractivity (Wildman–Crippen MR) is 79.8 cm³/mol. The summed E-state index contributed by atoms with van der Waals surface area (Å²) in [4.78, 5) is 24.8. The number of carbonyl (C=O) groups is 2. The standard InChI is InChI=1S/C15H17BrFNO3/c1-14(2,10-3-5-11(16)6-4-10)12(19)18-8-7-15(17,9-18)13(20)21/h3-6H,7-9H2,1-2H3,(H,20,21). The Hall–Kier alpha value is -1.43. The molecule has 2 rings (SSSR count). The van der Waals surface area contributed by atoms with Gasteiger partial charge in [0.1, 0.15) is 0 Å². The first kappa shape index (κ1) is 15.9. The molecule has 114 valence electrons. The quantitative estimate of drug-likeness (QED) is 0.904. The SMILES string of the molecule is CC(C)(C(=O)N1CCC(F)(C(=O)O)C1)c1ccc(Br)cc1. The van der Waals surface area contributed by atoms with Crippen LogP contribution in [0.3, 0.4) is 0 Å². The summed E-state index contributed by atoms with van der Waals surface area (Å²) in [5.74, 6) is -1.76. The Morgan fingerprint density at radius 1 is 1.33 bits per heavy atom. The van der Waals surface area contributed by atoms with Gasteiger partial charge in [-0.25, -0.2) is 9.18 Å². The van der Waals surface area contributed by atoms with E-state index in [0.717, 1.165) is 10.0 Å². The van der Waals surface area contributed by atoms with Crippen molar-refractivity contribution in [2.45, 2.75) is 31.4 Å². The van der Waals surface area contributed by atoms with Crippen molar-refractivity contribution < 1.29 is 19.1 Å². The number of carboxylic acids is 1. The summed E-state index contributed by atoms with van der Waals surface area (Å²) in [7, 11) is 0. The molecule has 1 atom stereocenters. The van der Waals surface area contributed by atoms with Crippen LogP contribution in [0.2, 0.25) is 0 Å². The van der Waals surface area contributed by atoms with Crippen molar-refractivity contribution in [1.29, 1.82) is 0 Å². The number of benzene rings is 1. The van der Waals surface area contributed by atoms with Crippen molar-refractivity contribution in [3.8, 4) is 0 Å². The Balaban J connectivity index is 2.20. The summed E-state index contributed by atoms with van der Waals surface area (Å²) in [5, 5.41) is 8.90. The molecule has 1 saturated heterocycles. The van der Waals surface area contributed by atoms with Gasteiger partial charge in [0.2, 0.25) is 11.6 Å². The van der Waals surface area contributed by atoms with Crippen LogP contribution in [0.25, 0.3) is 0 Å². The van der Waals surface area contributed by atoms with E-state index in [1.807, 2.05) is 24.3 Å². The van der Waals surface area contributed by atoms with Crippen molar-refractivity contribution >= 4 is 27.8 Å². The highest BCUT2D eigenvalue weighted by atomic mass is 79.9. The van der Waals surface area contributed by atoms with E-state index in [9.17, 15) is 14.0 Å². The fourth-order valence-electron chi connectivity index (χ4n) is 2.51. The van der Waals surface area contributed by atoms with Crippen LogP contribution in [0.5, 0.6) is 0 Å². The molecule has 1 aromatic rings. The maximum absolute atomic E-state index is 14.1. The van der Waals surface area contributed by atoms with E-state index in [1.165, 1.54) is 4.90 Å². The van der Waals surface area contributed by atoms with Crippen molar-refractivity contribution in [3.05, 3.63) is 34.3 Å². The molecule has 0 saturated carbocycles. The number of hydrogen-bond donors (Lipinski definition) is 1. The molecule has 1 aromatic carbocycles. The number of rotatable bonds is 3. The van der Waals surface area contributed by atoms with E-state index in [-0.39, 0.29) is 25.4 Å². The minimum absolute atomic E-state index is 0.127. The van der Waals surface area contributed by atoms with Crippen molar-refractivity contribution in [2.24, 2.45) is 0 Å². The van der Waals surface area contributed by atoms with Gasteiger partial charge >= 0.3 is 5.97 Å². The lowest BCUT2D eigenvalue weighted by Gasteiger charge is -2.30. The lowest BCUT2D eigenvalue weighted by Crippen LogP contribution is -2.45. The lowest BCUT2D eigenvalue weighted by atomic mass is 9.83. The maximum atomic E-state index is 14.1. The Morgan fingerprint density at radius 2 is 1.90 bits per heavy atom. The van der Waals surface area contributed by atoms with Crippen LogP contribution in [0, 0.1) is 0 Å². The van der Waals surface area contributed by atoms with E-state index >= 15 is 0 Å². The van der Waals surface area contributed by atoms with E-state index < -0.39 is 17.1 Å². The van der Waals surface area contributed by atoms with Gasteiger partial charge in [-0.05, 0) is 31.5 Å². The van der Waals surface area contributed by atoms with Crippen LogP contribution in [-0.4, -0.2) is 40.6 Å². The Bertz CT molecular complexity index is 573. The van der Waals surface area contributed by atoms with E-state index in [2.05, 4.69) is 15.9 Å². The van der Waals surface area contributed by atoms with Crippen LogP contribution in [0.4, 0.5) is 4.39 Å². The summed E-state index contributed by atoms with van der Waals surface area (Å²) >= 11 is 3.34. The molecule has 1 aliphatic heterocycles. The van der Waals surface area contributed by atoms with Crippen molar-refractivity contribution in [3.63, 3.8) is 0 Å². The normalized spacial score (nSPS) is 22.4. The van der Waals surface area contributed by atoms with Crippen LogP contribution in [0.1, 0.15) is 25.8 Å². The van der Waals surface area contributed by atoms with Gasteiger partial charge in [-0.2, -0.15) is 0 Å². The zero-order valence-electron chi connectivity index (χ0n) is 11.9. The molecule has 0 aliphatic carbocycles. The predicted octanol–water partition coefficient (Wildman–Crippen LogP) is 2.75. The highest BCUT2D eigenvalue weighted by Crippen LogP contribution is 2.32. The average Bonchev–Trinajstić information content (AvgIpc) is 2.82. The first-order chi connectivity index (χ1) is 9.67. The number of likely N-dealkylation sites (tertiary alicyclic amines) is 1. The number of carbonyl (C=O) groups excluding carboxylic acids is 1. The number of aliphatic carboxylic acids is 1. The largest absolute Gasteiger partial charge is 0.479 e. The molecule has 21 heavy (non-hydrogen) atoms. The third-order valence-electron chi connectivity index (χ3n) is 3.99. The minimum atomic E-state index is -2.33. The van der Waals surface area contributed by atoms with E-state index in [1.54, 1.807) is 13.8 Å². The molecule has 0 spiro atoms. The monoisotopic (exact) mass is 357 g/mol. The summed E-state index contributed by atoms with van der Waals surface area (Å²) in [6.45, 7) is 3.26. The summed E-state index contributed by atoms with van der Waals surface area (Å²) < 4.78 is 15.0. The summed E-state index contributed by atoms with van der Waals surface area (Å²) in [6.07, 6.45) is -0.162. The topological polar surface area (TPSA) is 57.6 Å². The van der Waals surface area contributed by atoms with Gasteiger partial charge in [-0.3, -0.25) is 4.79 Å². The lowest BCUT2D eigenvalue weighted by molar-refractivity contribution is -0.150.